The Kier molecular flexibility index (Phi) is 6.50. The van der Waals surface area contributed by atoms with Crippen molar-refractivity contribution in [1.29, 1.82) is 0 Å². The van der Waals surface area contributed by atoms with Crippen LogP contribution in [0.2, 0.25) is 0 Å². The molecule has 4 nitrogen and oxygen atoms in total. The van der Waals surface area contributed by atoms with Gasteiger partial charge >= 0.3 is 0 Å². The molecule has 0 radical (unpaired) electrons. The number of hydrogen-bond donors (Lipinski definition) is 1. The van der Waals surface area contributed by atoms with Crippen molar-refractivity contribution < 1.29 is 9.53 Å². The highest BCUT2D eigenvalue weighted by Crippen LogP contribution is 2.16. The van der Waals surface area contributed by atoms with Crippen LogP contribution in [0.5, 0.6) is 0 Å². The Balaban J connectivity index is 1.64. The highest BCUT2D eigenvalue weighted by Gasteiger charge is 2.22. The number of amides is 1. The average molecular weight is 296 g/mol. The quantitative estimate of drug-likeness (QED) is 0.783. The van der Waals surface area contributed by atoms with Gasteiger partial charge in [0.1, 0.15) is 0 Å². The largest absolute Gasteiger partial charge is 0.378 e. The maximum atomic E-state index is 12.1. The number of thiophene rings is 1. The van der Waals surface area contributed by atoms with Gasteiger partial charge < -0.3 is 15.4 Å². The van der Waals surface area contributed by atoms with Gasteiger partial charge in [-0.2, -0.15) is 11.3 Å². The van der Waals surface area contributed by atoms with Crippen molar-refractivity contribution in [1.82, 2.24) is 4.90 Å². The summed E-state index contributed by atoms with van der Waals surface area (Å²) in [5.41, 5.74) is 6.71. The Labute approximate surface area is 124 Å². The summed E-state index contributed by atoms with van der Waals surface area (Å²) in [7, 11) is 0. The van der Waals surface area contributed by atoms with E-state index in [1.54, 1.807) is 11.3 Å². The lowest BCUT2D eigenvalue weighted by Crippen LogP contribution is -2.41. The predicted octanol–water partition coefficient (Wildman–Crippen LogP) is 2.04. The zero-order chi connectivity index (χ0) is 14.2. The Hall–Kier alpha value is -0.910. The van der Waals surface area contributed by atoms with Crippen molar-refractivity contribution in [3.8, 4) is 0 Å². The summed E-state index contributed by atoms with van der Waals surface area (Å²) < 4.78 is 5.75. The van der Waals surface area contributed by atoms with Gasteiger partial charge in [0.2, 0.25) is 5.91 Å². The summed E-state index contributed by atoms with van der Waals surface area (Å²) in [6.45, 7) is 3.08. The van der Waals surface area contributed by atoms with Crippen LogP contribution >= 0.6 is 11.3 Å². The lowest BCUT2D eigenvalue weighted by atomic mass is 10.1. The minimum absolute atomic E-state index is 0.275. The second-order valence-electron chi connectivity index (χ2n) is 5.22. The molecule has 1 saturated heterocycles. The molecule has 0 saturated carbocycles. The van der Waals surface area contributed by atoms with Gasteiger partial charge in [-0.1, -0.05) is 0 Å². The van der Waals surface area contributed by atoms with Crippen LogP contribution in [0, 0.1) is 0 Å². The molecule has 1 aromatic rings. The summed E-state index contributed by atoms with van der Waals surface area (Å²) in [5.74, 6) is 0.275. The van der Waals surface area contributed by atoms with Crippen LogP contribution < -0.4 is 5.73 Å². The third-order valence-corrected chi connectivity index (χ3v) is 4.44. The number of ether oxygens (including phenoxy) is 1. The van der Waals surface area contributed by atoms with Gasteiger partial charge in [0.25, 0.3) is 0 Å². The van der Waals surface area contributed by atoms with Gasteiger partial charge in [0.05, 0.1) is 6.10 Å². The SMILES string of the molecule is NCCCOC1CCN(C(=O)CCc2ccsc2)CC1. The Morgan fingerprint density at radius 1 is 1.45 bits per heavy atom. The fourth-order valence-electron chi connectivity index (χ4n) is 2.45. The molecule has 1 aliphatic rings. The maximum Gasteiger partial charge on any atom is 0.222 e. The van der Waals surface area contributed by atoms with Crippen LogP contribution in [0.25, 0.3) is 0 Å². The van der Waals surface area contributed by atoms with Crippen molar-refractivity contribution in [2.24, 2.45) is 5.73 Å². The Bertz CT molecular complexity index is 387. The van der Waals surface area contributed by atoms with Gasteiger partial charge in [-0.25, -0.2) is 0 Å². The highest BCUT2D eigenvalue weighted by atomic mass is 32.1. The third-order valence-electron chi connectivity index (χ3n) is 3.70. The molecule has 0 unspecified atom stereocenters. The molecule has 0 bridgehead atoms. The second-order valence-corrected chi connectivity index (χ2v) is 6.00. The molecule has 2 rings (SSSR count). The topological polar surface area (TPSA) is 55.6 Å². The normalized spacial score (nSPS) is 16.6. The molecule has 0 aromatic carbocycles. The van der Waals surface area contributed by atoms with E-state index >= 15 is 0 Å². The van der Waals surface area contributed by atoms with Crippen molar-refractivity contribution in [3.05, 3.63) is 22.4 Å². The molecule has 0 aliphatic carbocycles. The van der Waals surface area contributed by atoms with E-state index in [4.69, 9.17) is 10.5 Å². The first kappa shape index (κ1) is 15.5. The van der Waals surface area contributed by atoms with Crippen molar-refractivity contribution >= 4 is 17.2 Å². The number of hydrogen-bond acceptors (Lipinski definition) is 4. The molecule has 5 heteroatoms. The zero-order valence-electron chi connectivity index (χ0n) is 11.9. The summed E-state index contributed by atoms with van der Waals surface area (Å²) in [5, 5.41) is 4.18. The van der Waals surface area contributed by atoms with Gasteiger partial charge in [-0.3, -0.25) is 4.79 Å². The smallest absolute Gasteiger partial charge is 0.222 e. The Morgan fingerprint density at radius 2 is 2.25 bits per heavy atom. The third kappa shape index (κ3) is 4.89. The van der Waals surface area contributed by atoms with E-state index in [0.29, 0.717) is 19.1 Å². The number of aryl methyl sites for hydroxylation is 1. The monoisotopic (exact) mass is 296 g/mol. The molecule has 0 spiro atoms. The molecular weight excluding hydrogens is 272 g/mol. The molecular formula is C15H24N2O2S. The van der Waals surface area contributed by atoms with Crippen molar-refractivity contribution in [2.45, 2.75) is 38.2 Å². The molecule has 20 heavy (non-hydrogen) atoms. The standard InChI is InChI=1S/C15H24N2O2S/c16-7-1-10-19-14-4-8-17(9-5-14)15(18)3-2-13-6-11-20-12-13/h6,11-12,14H,1-5,7-10,16H2. The van der Waals surface area contributed by atoms with Gasteiger partial charge in [0.15, 0.2) is 0 Å². The molecule has 2 N–H and O–H groups in total. The molecule has 1 aromatic heterocycles. The predicted molar refractivity (Wildman–Crippen MR) is 81.9 cm³/mol. The van der Waals surface area contributed by atoms with E-state index in [9.17, 15) is 4.79 Å². The summed E-state index contributed by atoms with van der Waals surface area (Å²) >= 11 is 1.69. The maximum absolute atomic E-state index is 12.1. The number of rotatable bonds is 7. The molecule has 112 valence electrons. The highest BCUT2D eigenvalue weighted by molar-refractivity contribution is 7.07. The number of carbonyl (C=O) groups excluding carboxylic acids is 1. The van der Waals surface area contributed by atoms with E-state index in [1.807, 2.05) is 4.90 Å². The average Bonchev–Trinajstić information content (AvgIpc) is 2.99. The van der Waals surface area contributed by atoms with E-state index in [1.165, 1.54) is 5.56 Å². The van der Waals surface area contributed by atoms with E-state index in [-0.39, 0.29) is 5.91 Å². The number of nitrogens with two attached hydrogens (primary N) is 1. The summed E-state index contributed by atoms with van der Waals surface area (Å²) in [4.78, 5) is 14.1. The Morgan fingerprint density at radius 3 is 2.90 bits per heavy atom. The molecule has 2 heterocycles. The number of likely N-dealkylation sites (tertiary alicyclic amines) is 1. The molecule has 1 amide bonds. The first-order chi connectivity index (χ1) is 9.79. The lowest BCUT2D eigenvalue weighted by molar-refractivity contribution is -0.133. The van der Waals surface area contributed by atoms with Crippen LogP contribution in [-0.2, 0) is 16.0 Å². The minimum atomic E-state index is 0.275. The van der Waals surface area contributed by atoms with Gasteiger partial charge in [0, 0.05) is 26.1 Å². The van der Waals surface area contributed by atoms with Crippen LogP contribution in [0.3, 0.4) is 0 Å². The van der Waals surface area contributed by atoms with Crippen LogP contribution in [0.1, 0.15) is 31.2 Å². The van der Waals surface area contributed by atoms with E-state index in [2.05, 4.69) is 16.8 Å². The van der Waals surface area contributed by atoms with E-state index in [0.717, 1.165) is 45.4 Å². The molecule has 0 atom stereocenters. The first-order valence-corrected chi connectivity index (χ1v) is 8.34. The fraction of sp³-hybridized carbons (Fsp3) is 0.667. The number of piperidine rings is 1. The van der Waals surface area contributed by atoms with Crippen LogP contribution in [-0.4, -0.2) is 43.2 Å². The molecule has 1 aliphatic heterocycles. The minimum Gasteiger partial charge on any atom is -0.378 e. The summed E-state index contributed by atoms with van der Waals surface area (Å²) in [6, 6.07) is 2.09. The van der Waals surface area contributed by atoms with E-state index < -0.39 is 0 Å². The van der Waals surface area contributed by atoms with Gasteiger partial charge in [-0.15, -0.1) is 0 Å². The van der Waals surface area contributed by atoms with Crippen LogP contribution in [0.15, 0.2) is 16.8 Å². The van der Waals surface area contributed by atoms with Gasteiger partial charge in [-0.05, 0) is 54.6 Å². The lowest BCUT2D eigenvalue weighted by Gasteiger charge is -2.32. The number of carbonyl (C=O) groups is 1. The second kappa shape index (κ2) is 8.39. The first-order valence-electron chi connectivity index (χ1n) is 7.40. The summed E-state index contributed by atoms with van der Waals surface area (Å²) in [6.07, 6.45) is 4.61. The van der Waals surface area contributed by atoms with Crippen molar-refractivity contribution in [2.75, 3.05) is 26.2 Å². The van der Waals surface area contributed by atoms with Crippen molar-refractivity contribution in [3.63, 3.8) is 0 Å². The number of nitrogens with zero attached hydrogens (tertiary/aromatic N) is 1. The van der Waals surface area contributed by atoms with Crippen LogP contribution in [0.4, 0.5) is 0 Å². The fourth-order valence-corrected chi connectivity index (χ4v) is 3.15. The molecule has 1 fully saturated rings. The zero-order valence-corrected chi connectivity index (χ0v) is 12.7.